The van der Waals surface area contributed by atoms with E-state index >= 15 is 0 Å². The quantitative estimate of drug-likeness (QED) is 0.194. The van der Waals surface area contributed by atoms with Gasteiger partial charge in [0.25, 0.3) is 5.91 Å². The zero-order chi connectivity index (χ0) is 21.1. The number of hydrogen-bond donors (Lipinski definition) is 0. The van der Waals surface area contributed by atoms with Gasteiger partial charge in [0, 0.05) is 10.5 Å². The van der Waals surface area contributed by atoms with Crippen LogP contribution in [-0.2, 0) is 11.2 Å². The molecule has 1 amide bonds. The maximum Gasteiger partial charge on any atom is 0.324 e. The minimum Gasteiger partial charge on any atom is -0.272 e. The van der Waals surface area contributed by atoms with Crippen molar-refractivity contribution in [2.45, 2.75) is 6.42 Å². The molecule has 0 atom stereocenters. The SMILES string of the molecule is O=C(Cc1ccccc1)N(/N=C/c1ccc([N+](=O)[O-])s1)c1nc2ccc(Br)cc2s1. The number of nitro groups is 1. The first-order valence-electron chi connectivity index (χ1n) is 8.71. The molecule has 0 radical (unpaired) electrons. The van der Waals surface area contributed by atoms with E-state index in [1.165, 1.54) is 28.6 Å². The van der Waals surface area contributed by atoms with Gasteiger partial charge in [-0.15, -0.1) is 0 Å². The van der Waals surface area contributed by atoms with Crippen molar-refractivity contribution >= 4 is 71.1 Å². The lowest BCUT2D eigenvalue weighted by molar-refractivity contribution is -0.380. The fraction of sp³-hybridized carbons (Fsp3) is 0.0500. The van der Waals surface area contributed by atoms with Gasteiger partial charge in [-0.3, -0.25) is 14.9 Å². The summed E-state index contributed by atoms with van der Waals surface area (Å²) in [6.07, 6.45) is 1.60. The number of aromatic nitrogens is 1. The highest BCUT2D eigenvalue weighted by molar-refractivity contribution is 9.10. The molecule has 30 heavy (non-hydrogen) atoms. The maximum absolute atomic E-state index is 13.1. The summed E-state index contributed by atoms with van der Waals surface area (Å²) >= 11 is 5.78. The molecule has 10 heteroatoms. The lowest BCUT2D eigenvalue weighted by atomic mass is 10.1. The number of rotatable bonds is 6. The standard InChI is InChI=1S/C20H13BrN4O3S2/c21-14-6-8-16-17(11-14)30-20(23-16)24(18(26)10-13-4-2-1-3-5-13)22-12-15-7-9-19(29-15)25(27)28/h1-9,11-12H,10H2/b22-12+. The Hall–Kier alpha value is -2.95. The minimum absolute atomic E-state index is 0.0171. The molecule has 4 rings (SSSR count). The summed E-state index contributed by atoms with van der Waals surface area (Å²) in [7, 11) is 0. The molecule has 0 aliphatic heterocycles. The Kier molecular flexibility index (Phi) is 5.98. The van der Waals surface area contributed by atoms with E-state index in [2.05, 4.69) is 26.0 Å². The lowest BCUT2D eigenvalue weighted by Crippen LogP contribution is -2.27. The zero-order valence-corrected chi connectivity index (χ0v) is 18.5. The third kappa shape index (κ3) is 4.61. The van der Waals surface area contributed by atoms with Crippen molar-refractivity contribution in [3.63, 3.8) is 0 Å². The molecule has 0 saturated carbocycles. The average Bonchev–Trinajstić information content (AvgIpc) is 3.36. The largest absolute Gasteiger partial charge is 0.324 e. The number of carbonyl (C=O) groups is 1. The summed E-state index contributed by atoms with van der Waals surface area (Å²) in [6.45, 7) is 0. The number of anilines is 1. The van der Waals surface area contributed by atoms with Crippen LogP contribution in [0.3, 0.4) is 0 Å². The van der Waals surface area contributed by atoms with E-state index < -0.39 is 4.92 Å². The second-order valence-corrected chi connectivity index (χ2v) is 9.17. The predicted molar refractivity (Wildman–Crippen MR) is 124 cm³/mol. The predicted octanol–water partition coefficient (Wildman–Crippen LogP) is 5.64. The fourth-order valence-electron chi connectivity index (χ4n) is 2.67. The van der Waals surface area contributed by atoms with Gasteiger partial charge in [0.1, 0.15) is 0 Å². The first kappa shape index (κ1) is 20.3. The van der Waals surface area contributed by atoms with Crippen LogP contribution in [0.2, 0.25) is 0 Å². The van der Waals surface area contributed by atoms with Gasteiger partial charge in [-0.25, -0.2) is 4.98 Å². The van der Waals surface area contributed by atoms with Gasteiger partial charge >= 0.3 is 5.00 Å². The average molecular weight is 501 g/mol. The highest BCUT2D eigenvalue weighted by atomic mass is 79.9. The van der Waals surface area contributed by atoms with E-state index in [1.54, 1.807) is 6.07 Å². The van der Waals surface area contributed by atoms with Crippen molar-refractivity contribution in [2.75, 3.05) is 5.01 Å². The van der Waals surface area contributed by atoms with Gasteiger partial charge in [0.05, 0.1) is 32.7 Å². The smallest absolute Gasteiger partial charge is 0.272 e. The molecule has 0 saturated heterocycles. The van der Waals surface area contributed by atoms with E-state index in [0.717, 1.165) is 31.6 Å². The Labute approximate surface area is 187 Å². The second kappa shape index (κ2) is 8.82. The third-order valence-corrected chi connectivity index (χ3v) is 6.51. The maximum atomic E-state index is 13.1. The molecular formula is C20H13BrN4O3S2. The number of benzene rings is 2. The number of nitrogens with zero attached hydrogens (tertiary/aromatic N) is 4. The van der Waals surface area contributed by atoms with E-state index in [4.69, 9.17) is 0 Å². The lowest BCUT2D eigenvalue weighted by Gasteiger charge is -2.13. The Morgan fingerprint density at radius 3 is 2.70 bits per heavy atom. The topological polar surface area (TPSA) is 88.7 Å². The van der Waals surface area contributed by atoms with Gasteiger partial charge in [-0.1, -0.05) is 68.9 Å². The zero-order valence-electron chi connectivity index (χ0n) is 15.3. The molecule has 0 N–H and O–H groups in total. The summed E-state index contributed by atoms with van der Waals surface area (Å²) in [6, 6.07) is 18.1. The fourth-order valence-corrected chi connectivity index (χ4v) is 4.85. The van der Waals surface area contributed by atoms with E-state index in [-0.39, 0.29) is 17.3 Å². The van der Waals surface area contributed by atoms with Crippen molar-refractivity contribution in [3.8, 4) is 0 Å². The molecule has 0 bridgehead atoms. The number of thiazole rings is 1. The Morgan fingerprint density at radius 2 is 1.97 bits per heavy atom. The molecule has 4 aromatic rings. The van der Waals surface area contributed by atoms with Crippen LogP contribution in [0.1, 0.15) is 10.4 Å². The Bertz CT molecular complexity index is 1250. The van der Waals surface area contributed by atoms with Gasteiger partial charge in [0.15, 0.2) is 0 Å². The van der Waals surface area contributed by atoms with Crippen LogP contribution in [0.4, 0.5) is 10.1 Å². The number of fused-ring (bicyclic) bond motifs is 1. The molecule has 7 nitrogen and oxygen atoms in total. The van der Waals surface area contributed by atoms with E-state index in [1.807, 2.05) is 48.5 Å². The Balaban J connectivity index is 1.68. The summed E-state index contributed by atoms with van der Waals surface area (Å²) in [4.78, 5) is 28.6. The summed E-state index contributed by atoms with van der Waals surface area (Å²) in [5.74, 6) is -0.248. The molecule has 0 aliphatic rings. The molecular weight excluding hydrogens is 488 g/mol. The van der Waals surface area contributed by atoms with Crippen molar-refractivity contribution < 1.29 is 9.72 Å². The Morgan fingerprint density at radius 1 is 1.17 bits per heavy atom. The summed E-state index contributed by atoms with van der Waals surface area (Å²) < 4.78 is 1.83. The first-order valence-corrected chi connectivity index (χ1v) is 11.1. The highest BCUT2D eigenvalue weighted by Gasteiger charge is 2.20. The van der Waals surface area contributed by atoms with Crippen molar-refractivity contribution in [3.05, 3.63) is 85.7 Å². The third-order valence-electron chi connectivity index (χ3n) is 4.05. The normalized spacial score (nSPS) is 11.2. The number of hydrogen-bond acceptors (Lipinski definition) is 7. The molecule has 0 spiro atoms. The second-order valence-electron chi connectivity index (χ2n) is 6.15. The van der Waals surface area contributed by atoms with Gasteiger partial charge in [-0.05, 0) is 29.8 Å². The molecule has 0 fully saturated rings. The first-order chi connectivity index (χ1) is 14.5. The van der Waals surface area contributed by atoms with Crippen LogP contribution >= 0.6 is 38.6 Å². The van der Waals surface area contributed by atoms with Crippen molar-refractivity contribution in [1.29, 1.82) is 0 Å². The van der Waals surface area contributed by atoms with Crippen molar-refractivity contribution in [1.82, 2.24) is 4.98 Å². The minimum atomic E-state index is -0.453. The monoisotopic (exact) mass is 500 g/mol. The van der Waals surface area contributed by atoms with Crippen LogP contribution in [0.15, 0.2) is 70.2 Å². The van der Waals surface area contributed by atoms with Crippen LogP contribution in [-0.4, -0.2) is 22.0 Å². The summed E-state index contributed by atoms with van der Waals surface area (Å²) in [5, 5.41) is 17.0. The number of hydrazone groups is 1. The van der Waals surface area contributed by atoms with E-state index in [0.29, 0.717) is 10.0 Å². The highest BCUT2D eigenvalue weighted by Crippen LogP contribution is 2.31. The molecule has 0 aliphatic carbocycles. The molecule has 2 aromatic heterocycles. The van der Waals surface area contributed by atoms with Gasteiger partial charge in [-0.2, -0.15) is 10.1 Å². The van der Waals surface area contributed by atoms with Crippen LogP contribution in [0.25, 0.3) is 10.2 Å². The van der Waals surface area contributed by atoms with E-state index in [9.17, 15) is 14.9 Å². The van der Waals surface area contributed by atoms with Crippen molar-refractivity contribution in [2.24, 2.45) is 5.10 Å². The van der Waals surface area contributed by atoms with Gasteiger partial charge in [0.2, 0.25) is 5.13 Å². The molecule has 2 heterocycles. The number of thiophene rings is 1. The van der Waals surface area contributed by atoms with Crippen LogP contribution < -0.4 is 5.01 Å². The van der Waals surface area contributed by atoms with Crippen LogP contribution in [0, 0.1) is 10.1 Å². The number of amides is 1. The summed E-state index contributed by atoms with van der Waals surface area (Å²) in [5.41, 5.74) is 1.62. The molecule has 2 aromatic carbocycles. The molecule has 0 unspecified atom stereocenters. The molecule has 150 valence electrons. The van der Waals surface area contributed by atoms with Crippen LogP contribution in [0.5, 0.6) is 0 Å². The van der Waals surface area contributed by atoms with Gasteiger partial charge < -0.3 is 0 Å². The number of carbonyl (C=O) groups excluding carboxylic acids is 1. The number of halogens is 1.